The first-order chi connectivity index (χ1) is 12.6. The molecule has 26 heavy (non-hydrogen) atoms. The van der Waals surface area contributed by atoms with Crippen LogP contribution in [0.25, 0.3) is 28.2 Å². The predicted molar refractivity (Wildman–Crippen MR) is 102 cm³/mol. The molecule has 0 fully saturated rings. The molecule has 7 heteroatoms. The second kappa shape index (κ2) is 6.52. The molecule has 3 heterocycles. The molecular weight excluding hydrogens is 373 g/mol. The average Bonchev–Trinajstić information content (AvgIpc) is 3.04. The number of hydrogen-bond acceptors (Lipinski definition) is 4. The lowest BCUT2D eigenvalue weighted by atomic mass is 10.1. The first kappa shape index (κ1) is 16.7. The summed E-state index contributed by atoms with van der Waals surface area (Å²) in [6, 6.07) is 10.6. The Morgan fingerprint density at radius 2 is 1.96 bits per heavy atom. The zero-order valence-corrected chi connectivity index (χ0v) is 15.2. The van der Waals surface area contributed by atoms with Crippen LogP contribution in [0, 0.1) is 0 Å². The van der Waals surface area contributed by atoms with Gasteiger partial charge >= 0.3 is 0 Å². The number of phenols is 1. The highest BCUT2D eigenvalue weighted by Crippen LogP contribution is 2.40. The Kier molecular flexibility index (Phi) is 4.18. The van der Waals surface area contributed by atoms with Crippen LogP contribution in [-0.2, 0) is 0 Å². The summed E-state index contributed by atoms with van der Waals surface area (Å²) in [6.45, 7) is 0. The molecule has 130 valence electrons. The monoisotopic (exact) mass is 385 g/mol. The molecule has 0 amide bonds. The van der Waals surface area contributed by atoms with Crippen molar-refractivity contribution in [2.45, 2.75) is 0 Å². The SMILES string of the molecule is COc1ccncc1-c1nc(-c2cc(Cl)cc(Cl)c2O)n2ccccc12. The summed E-state index contributed by atoms with van der Waals surface area (Å²) in [7, 11) is 1.60. The van der Waals surface area contributed by atoms with Crippen molar-refractivity contribution >= 4 is 28.7 Å². The van der Waals surface area contributed by atoms with Crippen molar-refractivity contribution < 1.29 is 9.84 Å². The number of fused-ring (bicyclic) bond motifs is 1. The third-order valence-corrected chi connectivity index (χ3v) is 4.58. The molecule has 0 aliphatic heterocycles. The van der Waals surface area contributed by atoms with Crippen LogP contribution in [0.4, 0.5) is 0 Å². The summed E-state index contributed by atoms with van der Waals surface area (Å²) in [5, 5.41) is 11.0. The molecule has 0 saturated carbocycles. The predicted octanol–water partition coefficient (Wildman–Crippen LogP) is 5.08. The van der Waals surface area contributed by atoms with Crippen LogP contribution in [0.3, 0.4) is 0 Å². The Balaban J connectivity index is 2.05. The third kappa shape index (κ3) is 2.66. The van der Waals surface area contributed by atoms with Gasteiger partial charge in [0.1, 0.15) is 23.0 Å². The molecule has 0 radical (unpaired) electrons. The normalized spacial score (nSPS) is 11.0. The molecule has 5 nitrogen and oxygen atoms in total. The van der Waals surface area contributed by atoms with Crippen molar-refractivity contribution in [2.75, 3.05) is 7.11 Å². The fourth-order valence-corrected chi connectivity index (χ4v) is 3.39. The largest absolute Gasteiger partial charge is 0.506 e. The standard InChI is InChI=1S/C19H13Cl2N3O2/c1-26-16-5-6-22-10-13(16)17-15-4-2-3-7-24(15)19(23-17)12-8-11(20)9-14(21)18(12)25/h2-10,25H,1H3. The highest BCUT2D eigenvalue weighted by molar-refractivity contribution is 6.36. The van der Waals surface area contributed by atoms with E-state index in [1.807, 2.05) is 28.8 Å². The van der Waals surface area contributed by atoms with Crippen LogP contribution in [0.2, 0.25) is 10.0 Å². The average molecular weight is 386 g/mol. The summed E-state index contributed by atoms with van der Waals surface area (Å²) < 4.78 is 7.31. The number of halogens is 2. The quantitative estimate of drug-likeness (QED) is 0.533. The van der Waals surface area contributed by atoms with Crippen LogP contribution >= 0.6 is 23.2 Å². The molecule has 3 aromatic heterocycles. The van der Waals surface area contributed by atoms with E-state index >= 15 is 0 Å². The Labute approximate surface area is 159 Å². The maximum Gasteiger partial charge on any atom is 0.149 e. The minimum absolute atomic E-state index is 0.0727. The van der Waals surface area contributed by atoms with Gasteiger partial charge in [0.15, 0.2) is 0 Å². The minimum atomic E-state index is -0.0727. The molecule has 0 bridgehead atoms. The van der Waals surface area contributed by atoms with Gasteiger partial charge in [-0.2, -0.15) is 0 Å². The van der Waals surface area contributed by atoms with Crippen molar-refractivity contribution in [1.82, 2.24) is 14.4 Å². The number of ether oxygens (including phenoxy) is 1. The van der Waals surface area contributed by atoms with Crippen molar-refractivity contribution in [2.24, 2.45) is 0 Å². The third-order valence-electron chi connectivity index (χ3n) is 4.07. The van der Waals surface area contributed by atoms with E-state index in [9.17, 15) is 5.11 Å². The van der Waals surface area contributed by atoms with Gasteiger partial charge in [0.05, 0.1) is 28.8 Å². The first-order valence-corrected chi connectivity index (χ1v) is 8.49. The van der Waals surface area contributed by atoms with Gasteiger partial charge in [0.2, 0.25) is 0 Å². The molecule has 0 saturated heterocycles. The smallest absolute Gasteiger partial charge is 0.149 e. The maximum atomic E-state index is 10.4. The summed E-state index contributed by atoms with van der Waals surface area (Å²) in [5.74, 6) is 1.10. The number of pyridine rings is 2. The number of phenolic OH excluding ortho intramolecular Hbond substituents is 1. The number of rotatable bonds is 3. The molecule has 0 atom stereocenters. The van der Waals surface area contributed by atoms with Gasteiger partial charge in [0.25, 0.3) is 0 Å². The van der Waals surface area contributed by atoms with E-state index in [4.69, 9.17) is 32.9 Å². The summed E-state index contributed by atoms with van der Waals surface area (Å²) >= 11 is 12.2. The maximum absolute atomic E-state index is 10.4. The van der Waals surface area contributed by atoms with Gasteiger partial charge in [-0.05, 0) is 30.3 Å². The highest BCUT2D eigenvalue weighted by Gasteiger charge is 2.20. The van der Waals surface area contributed by atoms with E-state index < -0.39 is 0 Å². The Morgan fingerprint density at radius 3 is 2.77 bits per heavy atom. The summed E-state index contributed by atoms with van der Waals surface area (Å²) in [6.07, 6.45) is 5.21. The van der Waals surface area contributed by atoms with E-state index in [0.29, 0.717) is 27.9 Å². The van der Waals surface area contributed by atoms with Crippen molar-refractivity contribution in [3.8, 4) is 34.1 Å². The van der Waals surface area contributed by atoms with Gasteiger partial charge in [-0.3, -0.25) is 9.38 Å². The summed E-state index contributed by atoms with van der Waals surface area (Å²) in [4.78, 5) is 8.93. The molecule has 0 unspecified atom stereocenters. The second-order valence-electron chi connectivity index (χ2n) is 5.60. The Morgan fingerprint density at radius 1 is 1.12 bits per heavy atom. The fourth-order valence-electron chi connectivity index (χ4n) is 2.90. The Bertz CT molecular complexity index is 1130. The van der Waals surface area contributed by atoms with Gasteiger partial charge in [-0.1, -0.05) is 29.3 Å². The lowest BCUT2D eigenvalue weighted by molar-refractivity contribution is 0.416. The number of aromatic nitrogens is 3. The van der Waals surface area contributed by atoms with Gasteiger partial charge in [0, 0.05) is 23.6 Å². The van der Waals surface area contributed by atoms with Gasteiger partial charge < -0.3 is 9.84 Å². The zero-order valence-electron chi connectivity index (χ0n) is 13.6. The van der Waals surface area contributed by atoms with Gasteiger partial charge in [-0.15, -0.1) is 0 Å². The van der Waals surface area contributed by atoms with Crippen molar-refractivity contribution in [3.63, 3.8) is 0 Å². The molecule has 0 aliphatic rings. The van der Waals surface area contributed by atoms with Gasteiger partial charge in [-0.25, -0.2) is 4.98 Å². The van der Waals surface area contributed by atoms with E-state index in [2.05, 4.69) is 4.98 Å². The van der Waals surface area contributed by atoms with E-state index in [1.54, 1.807) is 31.6 Å². The number of benzene rings is 1. The molecule has 4 aromatic rings. The lowest BCUT2D eigenvalue weighted by Gasteiger charge is -2.06. The van der Waals surface area contributed by atoms with Crippen molar-refractivity contribution in [3.05, 3.63) is 65.0 Å². The zero-order chi connectivity index (χ0) is 18.3. The number of nitrogens with zero attached hydrogens (tertiary/aromatic N) is 3. The van der Waals surface area contributed by atoms with E-state index in [-0.39, 0.29) is 10.8 Å². The van der Waals surface area contributed by atoms with E-state index in [0.717, 1.165) is 11.1 Å². The Hall–Kier alpha value is -2.76. The topological polar surface area (TPSA) is 59.7 Å². The molecule has 1 aromatic carbocycles. The second-order valence-corrected chi connectivity index (χ2v) is 6.44. The van der Waals surface area contributed by atoms with Crippen LogP contribution < -0.4 is 4.74 Å². The first-order valence-electron chi connectivity index (χ1n) is 7.74. The van der Waals surface area contributed by atoms with Crippen molar-refractivity contribution in [1.29, 1.82) is 0 Å². The molecule has 0 aliphatic carbocycles. The lowest BCUT2D eigenvalue weighted by Crippen LogP contribution is -1.89. The summed E-state index contributed by atoms with van der Waals surface area (Å²) in [5.41, 5.74) is 2.71. The number of imidazole rings is 1. The van der Waals surface area contributed by atoms with Crippen LogP contribution in [-0.4, -0.2) is 26.6 Å². The number of hydrogen-bond donors (Lipinski definition) is 1. The van der Waals surface area contributed by atoms with E-state index in [1.165, 1.54) is 6.07 Å². The van der Waals surface area contributed by atoms with Crippen LogP contribution in [0.5, 0.6) is 11.5 Å². The number of methoxy groups -OCH3 is 1. The molecule has 1 N–H and O–H groups in total. The van der Waals surface area contributed by atoms with Crippen LogP contribution in [0.1, 0.15) is 0 Å². The molecule has 4 rings (SSSR count). The molecular formula is C19H13Cl2N3O2. The highest BCUT2D eigenvalue weighted by atomic mass is 35.5. The van der Waals surface area contributed by atoms with Crippen LogP contribution in [0.15, 0.2) is 55.0 Å². The number of aromatic hydroxyl groups is 1. The minimum Gasteiger partial charge on any atom is -0.506 e. The molecule has 0 spiro atoms. The fraction of sp³-hybridized carbons (Fsp3) is 0.0526.